The normalized spacial score (nSPS) is 20.8. The Morgan fingerprint density at radius 1 is 1.44 bits per heavy atom. The highest BCUT2D eigenvalue weighted by molar-refractivity contribution is 4.84. The van der Waals surface area contributed by atoms with Gasteiger partial charge in [-0.05, 0) is 6.07 Å². The van der Waals surface area contributed by atoms with Gasteiger partial charge < -0.3 is 20.3 Å². The Hall–Kier alpha value is -0.950. The van der Waals surface area contributed by atoms with Crippen molar-refractivity contribution in [3.05, 3.63) is 18.5 Å². The van der Waals surface area contributed by atoms with Gasteiger partial charge in [0.15, 0.2) is 0 Å². The molecule has 0 aliphatic carbocycles. The van der Waals surface area contributed by atoms with E-state index in [1.54, 1.807) is 10.9 Å². The zero-order valence-corrected chi connectivity index (χ0v) is 10.5. The molecule has 2 heterocycles. The average Bonchev–Trinajstić information content (AvgIpc) is 2.82. The van der Waals surface area contributed by atoms with Crippen molar-refractivity contribution in [3.8, 4) is 0 Å². The van der Waals surface area contributed by atoms with Crippen LogP contribution < -0.4 is 5.32 Å². The predicted octanol–water partition coefficient (Wildman–Crippen LogP) is -0.625. The summed E-state index contributed by atoms with van der Waals surface area (Å²) in [6, 6.07) is 1.82. The number of hydrogen-bond donors (Lipinski definition) is 3. The number of nitrogens with one attached hydrogen (secondary N) is 1. The summed E-state index contributed by atoms with van der Waals surface area (Å²) in [5.74, 6) is 0. The first-order valence-corrected chi connectivity index (χ1v) is 6.34. The van der Waals surface area contributed by atoms with E-state index in [4.69, 9.17) is 4.74 Å². The van der Waals surface area contributed by atoms with Crippen molar-refractivity contribution < 1.29 is 14.9 Å². The Kier molecular flexibility index (Phi) is 4.71. The molecule has 6 heteroatoms. The maximum absolute atomic E-state index is 10.2. The Balaban J connectivity index is 1.65. The van der Waals surface area contributed by atoms with Gasteiger partial charge >= 0.3 is 0 Å². The minimum atomic E-state index is -0.691. The highest BCUT2D eigenvalue weighted by Crippen LogP contribution is 2.19. The van der Waals surface area contributed by atoms with E-state index < -0.39 is 11.7 Å². The molecule has 0 radical (unpaired) electrons. The molecule has 18 heavy (non-hydrogen) atoms. The fourth-order valence-corrected chi connectivity index (χ4v) is 2.09. The molecule has 1 aromatic rings. The molecule has 1 aliphatic heterocycles. The average molecular weight is 255 g/mol. The van der Waals surface area contributed by atoms with Crippen LogP contribution in [0.4, 0.5) is 0 Å². The van der Waals surface area contributed by atoms with E-state index in [0.29, 0.717) is 45.7 Å². The summed E-state index contributed by atoms with van der Waals surface area (Å²) in [7, 11) is 0. The van der Waals surface area contributed by atoms with Crippen molar-refractivity contribution in [2.45, 2.75) is 31.1 Å². The van der Waals surface area contributed by atoms with Gasteiger partial charge in [-0.2, -0.15) is 5.10 Å². The summed E-state index contributed by atoms with van der Waals surface area (Å²) in [5.41, 5.74) is -0.691. The lowest BCUT2D eigenvalue weighted by Crippen LogP contribution is -2.46. The molecule has 0 bridgehead atoms. The van der Waals surface area contributed by atoms with Gasteiger partial charge in [-0.1, -0.05) is 0 Å². The highest BCUT2D eigenvalue weighted by atomic mass is 16.5. The number of aliphatic hydroxyl groups excluding tert-OH is 1. The molecular weight excluding hydrogens is 234 g/mol. The number of hydrogen-bond acceptors (Lipinski definition) is 5. The molecule has 102 valence electrons. The number of rotatable bonds is 6. The van der Waals surface area contributed by atoms with Gasteiger partial charge in [0.1, 0.15) is 0 Å². The first-order valence-electron chi connectivity index (χ1n) is 6.34. The van der Waals surface area contributed by atoms with Crippen LogP contribution in [0, 0.1) is 0 Å². The second kappa shape index (κ2) is 6.29. The molecule has 1 aliphatic rings. The molecule has 1 fully saturated rings. The van der Waals surface area contributed by atoms with Gasteiger partial charge in [0.05, 0.1) is 18.2 Å². The maximum Gasteiger partial charge on any atom is 0.0860 e. The molecular formula is C12H21N3O3. The SMILES string of the molecule is OC(CNCC1(O)CCOCC1)Cn1cccn1. The van der Waals surface area contributed by atoms with E-state index in [9.17, 15) is 10.2 Å². The first-order chi connectivity index (χ1) is 8.68. The van der Waals surface area contributed by atoms with Crippen molar-refractivity contribution in [2.75, 3.05) is 26.3 Å². The van der Waals surface area contributed by atoms with Crippen molar-refractivity contribution in [3.63, 3.8) is 0 Å². The van der Waals surface area contributed by atoms with Crippen LogP contribution in [0.1, 0.15) is 12.8 Å². The van der Waals surface area contributed by atoms with Crippen LogP contribution >= 0.6 is 0 Å². The van der Waals surface area contributed by atoms with Gasteiger partial charge in [0.2, 0.25) is 0 Å². The molecule has 1 unspecified atom stereocenters. The molecule has 1 aromatic heterocycles. The largest absolute Gasteiger partial charge is 0.390 e. The van der Waals surface area contributed by atoms with Crippen molar-refractivity contribution in [2.24, 2.45) is 0 Å². The number of ether oxygens (including phenoxy) is 1. The Morgan fingerprint density at radius 2 is 2.22 bits per heavy atom. The zero-order chi connectivity index (χ0) is 12.8. The standard InChI is InChI=1S/C12H21N3O3/c16-11(9-15-5-1-4-14-15)8-13-10-12(17)2-6-18-7-3-12/h1,4-5,11,13,16-17H,2-3,6-10H2. The van der Waals surface area contributed by atoms with Crippen LogP contribution in [-0.2, 0) is 11.3 Å². The minimum absolute atomic E-state index is 0.447. The summed E-state index contributed by atoms with van der Waals surface area (Å²) in [6.07, 6.45) is 4.29. The molecule has 2 rings (SSSR count). The zero-order valence-electron chi connectivity index (χ0n) is 10.5. The molecule has 1 saturated heterocycles. The monoisotopic (exact) mass is 255 g/mol. The topological polar surface area (TPSA) is 79.5 Å². The first kappa shape index (κ1) is 13.5. The minimum Gasteiger partial charge on any atom is -0.390 e. The maximum atomic E-state index is 10.2. The number of aliphatic hydroxyl groups is 2. The van der Waals surface area contributed by atoms with Gasteiger partial charge in [-0.3, -0.25) is 4.68 Å². The van der Waals surface area contributed by atoms with Crippen LogP contribution in [-0.4, -0.2) is 58.0 Å². The molecule has 1 atom stereocenters. The third kappa shape index (κ3) is 4.06. The van der Waals surface area contributed by atoms with Gasteiger partial charge in [-0.25, -0.2) is 0 Å². The predicted molar refractivity (Wildman–Crippen MR) is 66.1 cm³/mol. The Bertz CT molecular complexity index is 336. The second-order valence-corrected chi connectivity index (χ2v) is 4.85. The fraction of sp³-hybridized carbons (Fsp3) is 0.750. The lowest BCUT2D eigenvalue weighted by molar-refractivity contribution is -0.0624. The summed E-state index contributed by atoms with van der Waals surface area (Å²) in [6.45, 7) is 2.61. The molecule has 0 aromatic carbocycles. The fourth-order valence-electron chi connectivity index (χ4n) is 2.09. The van der Waals surface area contributed by atoms with Gasteiger partial charge in [0, 0.05) is 51.5 Å². The van der Waals surface area contributed by atoms with E-state index in [2.05, 4.69) is 10.4 Å². The van der Waals surface area contributed by atoms with E-state index in [-0.39, 0.29) is 0 Å². The quantitative estimate of drug-likeness (QED) is 0.631. The lowest BCUT2D eigenvalue weighted by atomic mass is 9.94. The molecule has 6 nitrogen and oxygen atoms in total. The van der Waals surface area contributed by atoms with Crippen molar-refractivity contribution in [1.29, 1.82) is 0 Å². The Morgan fingerprint density at radius 3 is 2.89 bits per heavy atom. The summed E-state index contributed by atoms with van der Waals surface area (Å²) >= 11 is 0. The van der Waals surface area contributed by atoms with Gasteiger partial charge in [0.25, 0.3) is 0 Å². The molecule has 0 amide bonds. The van der Waals surface area contributed by atoms with Crippen molar-refractivity contribution in [1.82, 2.24) is 15.1 Å². The number of aromatic nitrogens is 2. The second-order valence-electron chi connectivity index (χ2n) is 4.85. The van der Waals surface area contributed by atoms with E-state index in [0.717, 1.165) is 0 Å². The van der Waals surface area contributed by atoms with E-state index >= 15 is 0 Å². The summed E-state index contributed by atoms with van der Waals surface area (Å²) < 4.78 is 6.90. The van der Waals surface area contributed by atoms with E-state index in [1.165, 1.54) is 0 Å². The summed E-state index contributed by atoms with van der Waals surface area (Å²) in [4.78, 5) is 0. The summed E-state index contributed by atoms with van der Waals surface area (Å²) in [5, 5.41) is 27.1. The molecule has 0 saturated carbocycles. The van der Waals surface area contributed by atoms with Gasteiger partial charge in [-0.15, -0.1) is 0 Å². The number of nitrogens with zero attached hydrogens (tertiary/aromatic N) is 2. The third-order valence-electron chi connectivity index (χ3n) is 3.21. The van der Waals surface area contributed by atoms with Crippen molar-refractivity contribution >= 4 is 0 Å². The van der Waals surface area contributed by atoms with Crippen LogP contribution in [0.15, 0.2) is 18.5 Å². The van der Waals surface area contributed by atoms with Crippen LogP contribution in [0.3, 0.4) is 0 Å². The molecule has 0 spiro atoms. The van der Waals surface area contributed by atoms with E-state index in [1.807, 2.05) is 12.3 Å². The van der Waals surface area contributed by atoms with Crippen LogP contribution in [0.2, 0.25) is 0 Å². The third-order valence-corrected chi connectivity index (χ3v) is 3.21. The van der Waals surface area contributed by atoms with Crippen LogP contribution in [0.25, 0.3) is 0 Å². The lowest BCUT2D eigenvalue weighted by Gasteiger charge is -2.32. The highest BCUT2D eigenvalue weighted by Gasteiger charge is 2.29. The smallest absolute Gasteiger partial charge is 0.0860 e. The Labute approximate surface area is 107 Å². The van der Waals surface area contributed by atoms with Crippen LogP contribution in [0.5, 0.6) is 0 Å². The molecule has 3 N–H and O–H groups in total.